The Morgan fingerprint density at radius 3 is 2.48 bits per heavy atom. The molecule has 0 bridgehead atoms. The summed E-state index contributed by atoms with van der Waals surface area (Å²) in [5.74, 6) is 2.28. The summed E-state index contributed by atoms with van der Waals surface area (Å²) in [6.45, 7) is 0.736. The molecule has 228 valence electrons. The van der Waals surface area contributed by atoms with Gasteiger partial charge in [0.05, 0.1) is 11.1 Å². The van der Waals surface area contributed by atoms with Crippen LogP contribution in [0.1, 0.15) is 28.6 Å². The quantitative estimate of drug-likeness (QED) is 0.202. The van der Waals surface area contributed by atoms with Gasteiger partial charge in [-0.2, -0.15) is 0 Å². The molecular weight excluding hydrogens is 609 g/mol. The molecule has 6 aromatic carbocycles. The number of anilines is 1. The molecule has 2 N–H and O–H groups in total. The van der Waals surface area contributed by atoms with E-state index >= 15 is 0 Å². The number of fused-ring (bicyclic) bond motifs is 7. The first-order chi connectivity index (χ1) is 23.8. The van der Waals surface area contributed by atoms with Gasteiger partial charge >= 0.3 is 0 Å². The molecule has 10 rings (SSSR count). The average Bonchev–Trinajstić information content (AvgIpc) is 3.73. The molecule has 1 atom stereocenters. The van der Waals surface area contributed by atoms with Gasteiger partial charge in [-0.05, 0) is 57.8 Å². The van der Waals surface area contributed by atoms with Gasteiger partial charge in [-0.1, -0.05) is 109 Å². The third-order valence-corrected chi connectivity index (χ3v) is 10.5. The van der Waals surface area contributed by atoms with Gasteiger partial charge in [0.15, 0.2) is 11.6 Å². The molecule has 0 aliphatic carbocycles. The van der Waals surface area contributed by atoms with E-state index in [0.717, 1.165) is 57.1 Å². The Labute approximate surface area is 280 Å². The smallest absolute Gasteiger partial charge is 0.159 e. The molecule has 0 saturated carbocycles. The van der Waals surface area contributed by atoms with Crippen LogP contribution < -0.4 is 10.6 Å². The van der Waals surface area contributed by atoms with Gasteiger partial charge in [-0.15, -0.1) is 11.3 Å². The number of rotatable bonds is 4. The van der Waals surface area contributed by atoms with Gasteiger partial charge in [0.2, 0.25) is 0 Å². The molecule has 2 aromatic heterocycles. The van der Waals surface area contributed by atoms with Crippen LogP contribution in [0, 0.1) is 0 Å². The van der Waals surface area contributed by atoms with Crippen molar-refractivity contribution >= 4 is 76.7 Å². The van der Waals surface area contributed by atoms with Crippen molar-refractivity contribution in [3.05, 3.63) is 156 Å². The molecule has 0 spiro atoms. The number of benzene rings is 6. The van der Waals surface area contributed by atoms with Crippen LogP contribution in [0.4, 0.5) is 5.69 Å². The van der Waals surface area contributed by atoms with E-state index in [0.29, 0.717) is 5.84 Å². The lowest BCUT2D eigenvalue weighted by molar-refractivity contribution is 0.604. The van der Waals surface area contributed by atoms with Crippen molar-refractivity contribution in [2.24, 2.45) is 9.98 Å². The Kier molecular flexibility index (Phi) is 6.11. The summed E-state index contributed by atoms with van der Waals surface area (Å²) < 4.78 is 9.11. The topological polar surface area (TPSA) is 61.9 Å². The maximum atomic E-state index is 6.57. The Morgan fingerprint density at radius 2 is 1.54 bits per heavy atom. The second-order valence-corrected chi connectivity index (χ2v) is 13.3. The fourth-order valence-electron chi connectivity index (χ4n) is 7.03. The summed E-state index contributed by atoms with van der Waals surface area (Å²) in [7, 11) is 0. The molecule has 0 fully saturated rings. The van der Waals surface area contributed by atoms with Gasteiger partial charge in [-0.25, -0.2) is 9.98 Å². The number of nitrogens with zero attached hydrogens (tertiary/aromatic N) is 2. The monoisotopic (exact) mass is 636 g/mol. The zero-order valence-corrected chi connectivity index (χ0v) is 26.6. The summed E-state index contributed by atoms with van der Waals surface area (Å²) in [6, 6.07) is 44.9. The molecule has 1 unspecified atom stereocenters. The first-order valence-electron chi connectivity index (χ1n) is 16.2. The molecule has 0 radical (unpaired) electrons. The van der Waals surface area contributed by atoms with Crippen molar-refractivity contribution in [1.82, 2.24) is 5.32 Å². The Morgan fingerprint density at radius 1 is 0.708 bits per heavy atom. The van der Waals surface area contributed by atoms with E-state index in [2.05, 4.69) is 132 Å². The maximum absolute atomic E-state index is 6.57. The van der Waals surface area contributed by atoms with Crippen LogP contribution in [0.2, 0.25) is 0 Å². The largest absolute Gasteiger partial charge is 0.454 e. The lowest BCUT2D eigenvalue weighted by atomic mass is 9.96. The van der Waals surface area contributed by atoms with Crippen molar-refractivity contribution in [1.29, 1.82) is 0 Å². The molecule has 48 heavy (non-hydrogen) atoms. The second kappa shape index (κ2) is 10.8. The van der Waals surface area contributed by atoms with Crippen molar-refractivity contribution in [3.8, 4) is 11.1 Å². The summed E-state index contributed by atoms with van der Waals surface area (Å²) in [4.78, 5) is 10.4. The van der Waals surface area contributed by atoms with Crippen LogP contribution in [-0.4, -0.2) is 18.2 Å². The molecule has 6 heteroatoms. The number of aliphatic imine (C=N–C) groups is 2. The molecule has 5 nitrogen and oxygen atoms in total. The summed E-state index contributed by atoms with van der Waals surface area (Å²) in [5.41, 5.74) is 7.09. The zero-order chi connectivity index (χ0) is 31.6. The highest BCUT2D eigenvalue weighted by Gasteiger charge is 2.27. The SMILES string of the molecule is C1=Cc2oc3cc(-c4cccc5c4sc4ccccc45)cc(C4=NC(c5ccccc5)=NC(c5ccc6ccccc6c5)N4)c3c2NC1. The third kappa shape index (κ3) is 4.37. The number of nitrogens with one attached hydrogen (secondary N) is 2. The first-order valence-corrected chi connectivity index (χ1v) is 17.0. The Balaban J connectivity index is 1.21. The first kappa shape index (κ1) is 27.2. The minimum atomic E-state index is -0.336. The van der Waals surface area contributed by atoms with Crippen LogP contribution in [0.15, 0.2) is 148 Å². The van der Waals surface area contributed by atoms with Gasteiger partial charge in [0.1, 0.15) is 17.6 Å². The van der Waals surface area contributed by atoms with E-state index in [1.807, 2.05) is 29.5 Å². The van der Waals surface area contributed by atoms with E-state index in [1.165, 1.54) is 36.5 Å². The Hall–Kier alpha value is -5.98. The fourth-order valence-corrected chi connectivity index (χ4v) is 8.27. The minimum absolute atomic E-state index is 0.336. The number of thiophene rings is 1. The normalized spacial score (nSPS) is 15.7. The predicted molar refractivity (Wildman–Crippen MR) is 201 cm³/mol. The molecule has 0 saturated heterocycles. The summed E-state index contributed by atoms with van der Waals surface area (Å²) in [6.07, 6.45) is 3.82. The van der Waals surface area contributed by atoms with Crippen molar-refractivity contribution in [2.45, 2.75) is 6.17 Å². The van der Waals surface area contributed by atoms with Crippen LogP contribution in [0.3, 0.4) is 0 Å². The van der Waals surface area contributed by atoms with Gasteiger partial charge < -0.3 is 15.1 Å². The van der Waals surface area contributed by atoms with Crippen molar-refractivity contribution in [3.63, 3.8) is 0 Å². The van der Waals surface area contributed by atoms with Crippen LogP contribution >= 0.6 is 11.3 Å². The zero-order valence-electron chi connectivity index (χ0n) is 25.8. The van der Waals surface area contributed by atoms with Crippen molar-refractivity contribution in [2.75, 3.05) is 11.9 Å². The second-order valence-electron chi connectivity index (χ2n) is 12.2. The molecule has 4 heterocycles. The third-order valence-electron chi connectivity index (χ3n) is 9.32. The highest BCUT2D eigenvalue weighted by Crippen LogP contribution is 2.44. The predicted octanol–water partition coefficient (Wildman–Crippen LogP) is 10.6. The average molecular weight is 637 g/mol. The van der Waals surface area contributed by atoms with Crippen LogP contribution in [0.25, 0.3) is 59.1 Å². The number of hydrogen-bond acceptors (Lipinski definition) is 6. The molecule has 8 aromatic rings. The highest BCUT2D eigenvalue weighted by molar-refractivity contribution is 7.26. The van der Waals surface area contributed by atoms with Crippen LogP contribution in [0.5, 0.6) is 0 Å². The standard InChI is InChI=1S/C42H28N4OS/c1-2-11-26(12-3-1)40-44-41(28-20-19-25-10-4-5-13-27(25)22-28)46-42(45-40)33-23-29(24-35-37(33)38-34(47-35)17-9-21-43-38)30-15-8-16-32-31-14-6-7-18-36(31)48-39(30)32/h1-20,22-24,41,43H,21H2,(H,44,45,46). The van der Waals surface area contributed by atoms with Gasteiger partial charge in [-0.3, -0.25) is 0 Å². The van der Waals surface area contributed by atoms with Gasteiger partial charge in [0.25, 0.3) is 0 Å². The van der Waals surface area contributed by atoms with E-state index in [9.17, 15) is 0 Å². The molecule has 2 aliphatic heterocycles. The highest BCUT2D eigenvalue weighted by atomic mass is 32.1. The Bertz CT molecular complexity index is 2660. The van der Waals surface area contributed by atoms with E-state index < -0.39 is 0 Å². The van der Waals surface area contributed by atoms with E-state index in [4.69, 9.17) is 14.4 Å². The molecule has 0 amide bonds. The number of hydrogen-bond donors (Lipinski definition) is 2. The number of amidine groups is 2. The van der Waals surface area contributed by atoms with E-state index in [1.54, 1.807) is 0 Å². The summed E-state index contributed by atoms with van der Waals surface area (Å²) in [5, 5.41) is 13.3. The van der Waals surface area contributed by atoms with Gasteiger partial charge in [0, 0.05) is 37.8 Å². The fraction of sp³-hybridized carbons (Fsp3) is 0.0476. The van der Waals surface area contributed by atoms with Crippen molar-refractivity contribution < 1.29 is 4.42 Å². The number of furan rings is 1. The maximum Gasteiger partial charge on any atom is 0.159 e. The lowest BCUT2D eigenvalue weighted by Gasteiger charge is -2.25. The van der Waals surface area contributed by atoms with Crippen LogP contribution in [-0.2, 0) is 0 Å². The molecular formula is C42H28N4OS. The minimum Gasteiger partial charge on any atom is -0.454 e. The molecule has 2 aliphatic rings. The summed E-state index contributed by atoms with van der Waals surface area (Å²) >= 11 is 1.83. The van der Waals surface area contributed by atoms with E-state index in [-0.39, 0.29) is 6.17 Å². The lowest BCUT2D eigenvalue weighted by Crippen LogP contribution is -2.33.